The van der Waals surface area contributed by atoms with Crippen LogP contribution in [0.4, 0.5) is 0 Å². The number of ether oxygens (including phenoxy) is 1. The fourth-order valence-electron chi connectivity index (χ4n) is 0.298. The quantitative estimate of drug-likeness (QED) is 0.412. The average molecular weight is 114 g/mol. The summed E-state index contributed by atoms with van der Waals surface area (Å²) in [6.45, 7) is 1.02. The summed E-state index contributed by atoms with van der Waals surface area (Å²) < 4.78 is 4.83. The molecule has 0 fully saturated rings. The van der Waals surface area contributed by atoms with Gasteiger partial charge in [-0.3, -0.25) is 0 Å². The molecular formula is C6H10O2. The molecule has 0 aliphatic carbocycles. The zero-order valence-corrected chi connectivity index (χ0v) is 4.76. The molecule has 0 saturated heterocycles. The van der Waals surface area contributed by atoms with Crippen LogP contribution in [-0.4, -0.2) is 24.9 Å². The van der Waals surface area contributed by atoms with Crippen LogP contribution < -0.4 is 0 Å². The Kier molecular flexibility index (Phi) is 6.06. The minimum Gasteiger partial charge on any atom is -0.394 e. The van der Waals surface area contributed by atoms with Gasteiger partial charge in [-0.05, 0) is 0 Å². The van der Waals surface area contributed by atoms with Crippen LogP contribution in [0.25, 0.3) is 0 Å². The third-order valence-electron chi connectivity index (χ3n) is 0.626. The predicted molar refractivity (Wildman–Crippen MR) is 31.4 cm³/mol. The molecule has 0 aliphatic heterocycles. The van der Waals surface area contributed by atoms with Gasteiger partial charge in [-0.2, -0.15) is 0 Å². The van der Waals surface area contributed by atoms with Crippen molar-refractivity contribution < 1.29 is 9.84 Å². The molecule has 0 spiro atoms. The van der Waals surface area contributed by atoms with Gasteiger partial charge in [0.1, 0.15) is 0 Å². The molecule has 0 heterocycles. The normalized spacial score (nSPS) is 8.50. The third-order valence-corrected chi connectivity index (χ3v) is 0.626. The van der Waals surface area contributed by atoms with Crippen molar-refractivity contribution in [2.45, 2.75) is 6.42 Å². The number of hydrogen-bond donors (Lipinski definition) is 1. The summed E-state index contributed by atoms with van der Waals surface area (Å²) in [5, 5.41) is 8.19. The van der Waals surface area contributed by atoms with E-state index >= 15 is 0 Å². The van der Waals surface area contributed by atoms with Gasteiger partial charge in [0.05, 0.1) is 19.8 Å². The maximum absolute atomic E-state index is 8.19. The average Bonchev–Trinajstić information content (AvgIpc) is 1.81. The highest BCUT2D eigenvalue weighted by Crippen LogP contribution is 1.77. The van der Waals surface area contributed by atoms with Gasteiger partial charge in [0, 0.05) is 6.42 Å². The second kappa shape index (κ2) is 6.48. The van der Waals surface area contributed by atoms with Crippen molar-refractivity contribution in [2.75, 3.05) is 19.8 Å². The van der Waals surface area contributed by atoms with Gasteiger partial charge in [0.2, 0.25) is 0 Å². The number of aliphatic hydroxyl groups is 1. The van der Waals surface area contributed by atoms with E-state index in [1.807, 2.05) is 0 Å². The first kappa shape index (κ1) is 7.48. The Morgan fingerprint density at radius 1 is 1.50 bits per heavy atom. The summed E-state index contributed by atoms with van der Waals surface area (Å²) in [6.07, 6.45) is 5.54. The van der Waals surface area contributed by atoms with Crippen LogP contribution in [0.5, 0.6) is 0 Å². The summed E-state index contributed by atoms with van der Waals surface area (Å²) in [5.74, 6) is 2.42. The second-order valence-corrected chi connectivity index (χ2v) is 1.29. The first-order chi connectivity index (χ1) is 3.91. The van der Waals surface area contributed by atoms with Gasteiger partial charge in [-0.15, -0.1) is 12.3 Å². The Bertz CT molecular complexity index is 73.1. The minimum atomic E-state index is 0.0740. The van der Waals surface area contributed by atoms with Crippen molar-refractivity contribution in [1.29, 1.82) is 0 Å². The molecule has 1 N–H and O–H groups in total. The van der Waals surface area contributed by atoms with Crippen molar-refractivity contribution in [1.82, 2.24) is 0 Å². The van der Waals surface area contributed by atoms with Crippen molar-refractivity contribution in [3.05, 3.63) is 0 Å². The summed E-state index contributed by atoms with van der Waals surface area (Å²) in [5.41, 5.74) is 0. The number of hydrogen-bond acceptors (Lipinski definition) is 2. The molecule has 0 bridgehead atoms. The van der Waals surface area contributed by atoms with Crippen molar-refractivity contribution in [3.63, 3.8) is 0 Å². The highest BCUT2D eigenvalue weighted by Gasteiger charge is 1.80. The highest BCUT2D eigenvalue weighted by atomic mass is 16.5. The Balaban J connectivity index is 2.65. The monoisotopic (exact) mass is 114 g/mol. The lowest BCUT2D eigenvalue weighted by molar-refractivity contribution is 0.0963. The van der Waals surface area contributed by atoms with E-state index in [1.54, 1.807) is 0 Å². The van der Waals surface area contributed by atoms with E-state index in [0.717, 1.165) is 0 Å². The lowest BCUT2D eigenvalue weighted by atomic mass is 10.5. The molecular weight excluding hydrogens is 104 g/mol. The predicted octanol–water partition coefficient (Wildman–Crippen LogP) is 0.0186. The van der Waals surface area contributed by atoms with E-state index in [-0.39, 0.29) is 6.61 Å². The molecule has 0 rings (SSSR count). The molecule has 0 aromatic rings. The molecule has 0 radical (unpaired) electrons. The van der Waals surface area contributed by atoms with Crippen molar-refractivity contribution >= 4 is 0 Å². The molecule has 2 nitrogen and oxygen atoms in total. The standard InChI is InChI=1S/C6H10O2/c1-2-3-5-8-6-4-7/h1,7H,3-6H2. The molecule has 8 heavy (non-hydrogen) atoms. The van der Waals surface area contributed by atoms with Gasteiger partial charge >= 0.3 is 0 Å². The fraction of sp³-hybridized carbons (Fsp3) is 0.667. The molecule has 0 saturated carbocycles. The van der Waals surface area contributed by atoms with Gasteiger partial charge in [-0.25, -0.2) is 0 Å². The summed E-state index contributed by atoms with van der Waals surface area (Å²) >= 11 is 0. The molecule has 0 aromatic heterocycles. The Morgan fingerprint density at radius 3 is 2.75 bits per heavy atom. The van der Waals surface area contributed by atoms with Crippen LogP contribution in [-0.2, 0) is 4.74 Å². The number of terminal acetylenes is 1. The largest absolute Gasteiger partial charge is 0.394 e. The molecule has 0 aliphatic rings. The van der Waals surface area contributed by atoms with E-state index in [0.29, 0.717) is 19.6 Å². The molecule has 0 aromatic carbocycles. The number of rotatable bonds is 4. The van der Waals surface area contributed by atoms with Crippen LogP contribution in [0, 0.1) is 12.3 Å². The van der Waals surface area contributed by atoms with E-state index in [1.165, 1.54) is 0 Å². The maximum Gasteiger partial charge on any atom is 0.0698 e. The van der Waals surface area contributed by atoms with Gasteiger partial charge in [0.15, 0.2) is 0 Å². The summed E-state index contributed by atoms with van der Waals surface area (Å²) in [6, 6.07) is 0. The zero-order chi connectivity index (χ0) is 6.24. The van der Waals surface area contributed by atoms with Gasteiger partial charge in [-0.1, -0.05) is 0 Å². The minimum absolute atomic E-state index is 0.0740. The first-order valence-electron chi connectivity index (χ1n) is 2.54. The lowest BCUT2D eigenvalue weighted by Crippen LogP contribution is -1.99. The van der Waals surface area contributed by atoms with Crippen LogP contribution >= 0.6 is 0 Å². The molecule has 0 unspecified atom stereocenters. The Hall–Kier alpha value is -0.520. The number of aliphatic hydroxyl groups excluding tert-OH is 1. The fourth-order valence-corrected chi connectivity index (χ4v) is 0.298. The Morgan fingerprint density at radius 2 is 2.25 bits per heavy atom. The summed E-state index contributed by atoms with van der Waals surface area (Å²) in [7, 11) is 0. The summed E-state index contributed by atoms with van der Waals surface area (Å²) in [4.78, 5) is 0. The molecule has 0 amide bonds. The van der Waals surface area contributed by atoms with E-state index in [9.17, 15) is 0 Å². The SMILES string of the molecule is C#CCCOCCO. The lowest BCUT2D eigenvalue weighted by Gasteiger charge is -1.94. The van der Waals surface area contributed by atoms with Crippen LogP contribution in [0.2, 0.25) is 0 Å². The second-order valence-electron chi connectivity index (χ2n) is 1.29. The molecule has 2 heteroatoms. The zero-order valence-electron chi connectivity index (χ0n) is 4.76. The third kappa shape index (κ3) is 5.48. The van der Waals surface area contributed by atoms with Gasteiger partial charge in [0.25, 0.3) is 0 Å². The van der Waals surface area contributed by atoms with Crippen LogP contribution in [0.3, 0.4) is 0 Å². The maximum atomic E-state index is 8.19. The van der Waals surface area contributed by atoms with E-state index in [2.05, 4.69) is 5.92 Å². The van der Waals surface area contributed by atoms with Gasteiger partial charge < -0.3 is 9.84 Å². The molecule has 46 valence electrons. The molecule has 0 atom stereocenters. The van der Waals surface area contributed by atoms with Crippen molar-refractivity contribution in [3.8, 4) is 12.3 Å². The Labute approximate surface area is 49.5 Å². The van der Waals surface area contributed by atoms with E-state index < -0.39 is 0 Å². The van der Waals surface area contributed by atoms with Crippen LogP contribution in [0.15, 0.2) is 0 Å². The van der Waals surface area contributed by atoms with Crippen LogP contribution in [0.1, 0.15) is 6.42 Å². The highest BCUT2D eigenvalue weighted by molar-refractivity contribution is 4.82. The first-order valence-corrected chi connectivity index (χ1v) is 2.54. The van der Waals surface area contributed by atoms with Crippen molar-refractivity contribution in [2.24, 2.45) is 0 Å². The van der Waals surface area contributed by atoms with E-state index in [4.69, 9.17) is 16.3 Å². The smallest absolute Gasteiger partial charge is 0.0698 e. The topological polar surface area (TPSA) is 29.5 Å².